The number of hydrogen-bond acceptors (Lipinski definition) is 4. The van der Waals surface area contributed by atoms with Gasteiger partial charge in [0.05, 0.1) is 12.3 Å². The number of benzene rings is 2. The Morgan fingerprint density at radius 1 is 1.15 bits per heavy atom. The molecular weight excluding hydrogens is 254 g/mol. The highest BCUT2D eigenvalue weighted by Crippen LogP contribution is 2.35. The smallest absolute Gasteiger partial charge is 0.184 e. The number of hydrogen-bond donors (Lipinski definition) is 1. The third kappa shape index (κ3) is 3.29. The molecule has 2 rings (SSSR count). The minimum atomic E-state index is 0.394. The van der Waals surface area contributed by atoms with Crippen LogP contribution in [0.15, 0.2) is 42.5 Å². The SMILES string of the molecule is CCOc1cc(C=O)cc(N)c1OCc1ccccc1. The molecule has 0 saturated carbocycles. The van der Waals surface area contributed by atoms with Crippen LogP contribution in [0.2, 0.25) is 0 Å². The summed E-state index contributed by atoms with van der Waals surface area (Å²) in [6, 6.07) is 13.0. The predicted molar refractivity (Wildman–Crippen MR) is 78.2 cm³/mol. The van der Waals surface area contributed by atoms with Crippen molar-refractivity contribution in [1.29, 1.82) is 0 Å². The number of ether oxygens (including phenoxy) is 2. The molecule has 0 amide bonds. The Kier molecular flexibility index (Phi) is 4.60. The number of aldehydes is 1. The summed E-state index contributed by atoms with van der Waals surface area (Å²) >= 11 is 0. The highest BCUT2D eigenvalue weighted by Gasteiger charge is 2.12. The lowest BCUT2D eigenvalue weighted by atomic mass is 10.2. The molecule has 0 heterocycles. The molecule has 0 aliphatic carbocycles. The van der Waals surface area contributed by atoms with E-state index in [-0.39, 0.29) is 0 Å². The molecule has 4 nitrogen and oxygen atoms in total. The van der Waals surface area contributed by atoms with Gasteiger partial charge in [-0.15, -0.1) is 0 Å². The Hall–Kier alpha value is -2.49. The van der Waals surface area contributed by atoms with Crippen LogP contribution < -0.4 is 15.2 Å². The highest BCUT2D eigenvalue weighted by molar-refractivity contribution is 5.80. The second-order valence-corrected chi connectivity index (χ2v) is 4.26. The van der Waals surface area contributed by atoms with Crippen LogP contribution in [-0.2, 0) is 6.61 Å². The van der Waals surface area contributed by atoms with E-state index in [0.29, 0.717) is 36.0 Å². The average Bonchev–Trinajstić information content (AvgIpc) is 2.47. The van der Waals surface area contributed by atoms with Gasteiger partial charge in [0.1, 0.15) is 12.9 Å². The largest absolute Gasteiger partial charge is 0.490 e. The maximum Gasteiger partial charge on any atom is 0.184 e. The molecule has 0 radical (unpaired) electrons. The average molecular weight is 271 g/mol. The summed E-state index contributed by atoms with van der Waals surface area (Å²) < 4.78 is 11.2. The van der Waals surface area contributed by atoms with E-state index >= 15 is 0 Å². The first-order valence-corrected chi connectivity index (χ1v) is 6.42. The van der Waals surface area contributed by atoms with Crippen molar-refractivity contribution in [2.75, 3.05) is 12.3 Å². The lowest BCUT2D eigenvalue weighted by molar-refractivity contribution is 0.112. The van der Waals surface area contributed by atoms with Crippen LogP contribution in [0.1, 0.15) is 22.8 Å². The summed E-state index contributed by atoms with van der Waals surface area (Å²) in [4.78, 5) is 10.9. The molecule has 0 saturated heterocycles. The van der Waals surface area contributed by atoms with Gasteiger partial charge in [0, 0.05) is 5.56 Å². The zero-order valence-electron chi connectivity index (χ0n) is 11.3. The van der Waals surface area contributed by atoms with Crippen LogP contribution >= 0.6 is 0 Å². The van der Waals surface area contributed by atoms with Crippen molar-refractivity contribution in [3.63, 3.8) is 0 Å². The second-order valence-electron chi connectivity index (χ2n) is 4.26. The highest BCUT2D eigenvalue weighted by atomic mass is 16.5. The van der Waals surface area contributed by atoms with E-state index < -0.39 is 0 Å². The molecule has 0 aromatic heterocycles. The topological polar surface area (TPSA) is 61.5 Å². The summed E-state index contributed by atoms with van der Waals surface area (Å²) in [7, 11) is 0. The van der Waals surface area contributed by atoms with E-state index in [1.807, 2.05) is 37.3 Å². The van der Waals surface area contributed by atoms with E-state index in [1.54, 1.807) is 12.1 Å². The van der Waals surface area contributed by atoms with Gasteiger partial charge >= 0.3 is 0 Å². The molecule has 104 valence electrons. The van der Waals surface area contributed by atoms with Gasteiger partial charge in [0.25, 0.3) is 0 Å². The minimum absolute atomic E-state index is 0.394. The molecule has 2 N–H and O–H groups in total. The van der Waals surface area contributed by atoms with Gasteiger partial charge in [-0.25, -0.2) is 0 Å². The first-order valence-electron chi connectivity index (χ1n) is 6.42. The summed E-state index contributed by atoms with van der Waals surface area (Å²) in [5, 5.41) is 0. The van der Waals surface area contributed by atoms with Crippen LogP contribution in [0.25, 0.3) is 0 Å². The van der Waals surface area contributed by atoms with E-state index in [1.165, 1.54) is 0 Å². The number of nitrogens with two attached hydrogens (primary N) is 1. The lowest BCUT2D eigenvalue weighted by Crippen LogP contribution is -2.03. The van der Waals surface area contributed by atoms with Crippen LogP contribution in [0.5, 0.6) is 11.5 Å². The quantitative estimate of drug-likeness (QED) is 0.648. The molecule has 4 heteroatoms. The van der Waals surface area contributed by atoms with E-state index in [0.717, 1.165) is 11.8 Å². The van der Waals surface area contributed by atoms with Crippen molar-refractivity contribution in [2.24, 2.45) is 0 Å². The third-order valence-corrected chi connectivity index (χ3v) is 2.77. The summed E-state index contributed by atoms with van der Waals surface area (Å²) in [5.41, 5.74) is 7.83. The van der Waals surface area contributed by atoms with Crippen molar-refractivity contribution in [2.45, 2.75) is 13.5 Å². The van der Waals surface area contributed by atoms with Gasteiger partial charge in [-0.3, -0.25) is 4.79 Å². The van der Waals surface area contributed by atoms with Gasteiger partial charge < -0.3 is 15.2 Å². The zero-order chi connectivity index (χ0) is 14.4. The standard InChI is InChI=1S/C16H17NO3/c1-2-19-15-9-13(10-18)8-14(17)16(15)20-11-12-6-4-3-5-7-12/h3-10H,2,11,17H2,1H3. The molecule has 0 aliphatic heterocycles. The number of nitrogen functional groups attached to an aromatic ring is 1. The van der Waals surface area contributed by atoms with Crippen LogP contribution in [-0.4, -0.2) is 12.9 Å². The van der Waals surface area contributed by atoms with Gasteiger partial charge in [0.15, 0.2) is 11.5 Å². The first kappa shape index (κ1) is 13.9. The molecule has 0 atom stereocenters. The Balaban J connectivity index is 2.23. The Bertz CT molecular complexity index is 582. The molecular formula is C16H17NO3. The van der Waals surface area contributed by atoms with Gasteiger partial charge in [-0.05, 0) is 24.6 Å². The van der Waals surface area contributed by atoms with Gasteiger partial charge in [-0.1, -0.05) is 30.3 Å². The number of anilines is 1. The first-order chi connectivity index (χ1) is 9.74. The fourth-order valence-electron chi connectivity index (χ4n) is 1.86. The number of carbonyl (C=O) groups is 1. The molecule has 2 aromatic rings. The van der Waals surface area contributed by atoms with Gasteiger partial charge in [-0.2, -0.15) is 0 Å². The van der Waals surface area contributed by atoms with E-state index in [2.05, 4.69) is 0 Å². The molecule has 0 fully saturated rings. The maximum absolute atomic E-state index is 10.9. The minimum Gasteiger partial charge on any atom is -0.490 e. The summed E-state index contributed by atoms with van der Waals surface area (Å²) in [5.74, 6) is 0.965. The molecule has 20 heavy (non-hydrogen) atoms. The third-order valence-electron chi connectivity index (χ3n) is 2.77. The molecule has 2 aromatic carbocycles. The maximum atomic E-state index is 10.9. The molecule has 0 bridgehead atoms. The van der Waals surface area contributed by atoms with Crippen molar-refractivity contribution >= 4 is 12.0 Å². The van der Waals surface area contributed by atoms with Crippen molar-refractivity contribution in [1.82, 2.24) is 0 Å². The second kappa shape index (κ2) is 6.61. The van der Waals surface area contributed by atoms with Gasteiger partial charge in [0.2, 0.25) is 0 Å². The molecule has 0 spiro atoms. The Morgan fingerprint density at radius 3 is 2.55 bits per heavy atom. The van der Waals surface area contributed by atoms with Crippen LogP contribution in [0.4, 0.5) is 5.69 Å². The van der Waals surface area contributed by atoms with Crippen molar-refractivity contribution in [3.8, 4) is 11.5 Å². The number of carbonyl (C=O) groups excluding carboxylic acids is 1. The van der Waals surface area contributed by atoms with E-state index in [4.69, 9.17) is 15.2 Å². The van der Waals surface area contributed by atoms with Crippen molar-refractivity contribution < 1.29 is 14.3 Å². The Labute approximate surface area is 118 Å². The lowest BCUT2D eigenvalue weighted by Gasteiger charge is -2.14. The van der Waals surface area contributed by atoms with Crippen LogP contribution in [0, 0.1) is 0 Å². The zero-order valence-corrected chi connectivity index (χ0v) is 11.3. The fourth-order valence-corrected chi connectivity index (χ4v) is 1.86. The van der Waals surface area contributed by atoms with Crippen molar-refractivity contribution in [3.05, 3.63) is 53.6 Å². The van der Waals surface area contributed by atoms with E-state index in [9.17, 15) is 4.79 Å². The predicted octanol–water partition coefficient (Wildman–Crippen LogP) is 3.06. The summed E-state index contributed by atoms with van der Waals surface area (Å²) in [6.07, 6.45) is 0.736. The molecule has 0 unspecified atom stereocenters. The fraction of sp³-hybridized carbons (Fsp3) is 0.188. The monoisotopic (exact) mass is 271 g/mol. The number of rotatable bonds is 6. The Morgan fingerprint density at radius 2 is 1.90 bits per heavy atom. The normalized spacial score (nSPS) is 10.1. The summed E-state index contributed by atoms with van der Waals surface area (Å²) in [6.45, 7) is 2.74. The van der Waals surface area contributed by atoms with Crippen LogP contribution in [0.3, 0.4) is 0 Å². The molecule has 0 aliphatic rings.